The van der Waals surface area contributed by atoms with E-state index in [4.69, 9.17) is 19.6 Å². The molecule has 3 aliphatic heterocycles. The van der Waals surface area contributed by atoms with Gasteiger partial charge >= 0.3 is 6.03 Å². The molecule has 1 N–H and O–H groups in total. The molecule has 4 rings (SSSR count). The Morgan fingerprint density at radius 3 is 2.63 bits per heavy atom. The van der Waals surface area contributed by atoms with Gasteiger partial charge in [0.1, 0.15) is 11.5 Å². The molecular formula is C20H25N5O5. The third kappa shape index (κ3) is 2.86. The molecule has 3 amide bonds. The number of aliphatic hydroxyl groups excluding tert-OH is 1. The fourth-order valence-corrected chi connectivity index (χ4v) is 4.06. The number of rotatable bonds is 6. The fraction of sp³-hybridized carbons (Fsp3) is 0.450. The van der Waals surface area contributed by atoms with Crippen molar-refractivity contribution < 1.29 is 24.2 Å². The topological polar surface area (TPSA) is 98.2 Å². The number of methoxy groups -OCH3 is 2. The summed E-state index contributed by atoms with van der Waals surface area (Å²) < 4.78 is 10.8. The van der Waals surface area contributed by atoms with Crippen molar-refractivity contribution in [3.63, 3.8) is 0 Å². The Morgan fingerprint density at radius 1 is 1.20 bits per heavy atom. The Morgan fingerprint density at radius 2 is 1.97 bits per heavy atom. The smallest absolute Gasteiger partial charge is 0.328 e. The van der Waals surface area contributed by atoms with E-state index in [9.17, 15) is 9.59 Å². The molecule has 3 heterocycles. The molecule has 0 aliphatic carbocycles. The third-order valence-corrected chi connectivity index (χ3v) is 5.56. The van der Waals surface area contributed by atoms with Gasteiger partial charge in [0.15, 0.2) is 12.2 Å². The number of amides is 3. The van der Waals surface area contributed by atoms with E-state index < -0.39 is 18.2 Å². The number of hydrogen-bond donors (Lipinski definition) is 1. The maximum atomic E-state index is 13.2. The molecule has 0 spiro atoms. The van der Waals surface area contributed by atoms with Crippen LogP contribution in [0.4, 0.5) is 10.5 Å². The van der Waals surface area contributed by atoms with E-state index in [0.29, 0.717) is 23.9 Å². The van der Waals surface area contributed by atoms with E-state index in [1.54, 1.807) is 32.2 Å². The lowest BCUT2D eigenvalue weighted by molar-refractivity contribution is -0.136. The summed E-state index contributed by atoms with van der Waals surface area (Å²) in [5.41, 5.74) is 1.62. The first-order chi connectivity index (χ1) is 14.4. The summed E-state index contributed by atoms with van der Waals surface area (Å²) in [6.07, 6.45) is 1.57. The number of ether oxygens (including phenoxy) is 2. The number of allylic oxidation sites excluding steroid dienone is 1. The lowest BCUT2D eigenvalue weighted by Crippen LogP contribution is -2.64. The number of likely N-dealkylation sites (N-methyl/N-ethyl adjacent to an activating group) is 1. The van der Waals surface area contributed by atoms with Gasteiger partial charge in [0.2, 0.25) is 5.96 Å². The molecule has 1 saturated heterocycles. The lowest BCUT2D eigenvalue weighted by Gasteiger charge is -2.40. The highest BCUT2D eigenvalue weighted by molar-refractivity contribution is 6.10. The van der Waals surface area contributed by atoms with Gasteiger partial charge in [-0.3, -0.25) is 14.6 Å². The number of guanidine groups is 1. The van der Waals surface area contributed by atoms with Gasteiger partial charge in [0.05, 0.1) is 19.9 Å². The molecule has 0 aromatic heterocycles. The largest absolute Gasteiger partial charge is 0.497 e. The van der Waals surface area contributed by atoms with E-state index in [-0.39, 0.29) is 19.1 Å². The average molecular weight is 415 g/mol. The number of anilines is 1. The molecule has 160 valence electrons. The highest BCUT2D eigenvalue weighted by Crippen LogP contribution is 2.41. The fourth-order valence-electron chi connectivity index (χ4n) is 4.06. The Kier molecular flexibility index (Phi) is 5.02. The predicted octanol–water partition coefficient (Wildman–Crippen LogP) is 1.03. The number of benzene rings is 1. The van der Waals surface area contributed by atoms with Crippen LogP contribution >= 0.6 is 0 Å². The average Bonchev–Trinajstić information content (AvgIpc) is 3.26. The van der Waals surface area contributed by atoms with E-state index in [1.807, 2.05) is 30.2 Å². The Balaban J connectivity index is 1.71. The van der Waals surface area contributed by atoms with Crippen LogP contribution in [0.3, 0.4) is 0 Å². The summed E-state index contributed by atoms with van der Waals surface area (Å²) in [6, 6.07) is 4.42. The summed E-state index contributed by atoms with van der Waals surface area (Å²) in [5.74, 6) is 1.50. The van der Waals surface area contributed by atoms with Gasteiger partial charge in [-0.2, -0.15) is 0 Å². The van der Waals surface area contributed by atoms with E-state index in [2.05, 4.69) is 0 Å². The van der Waals surface area contributed by atoms with Crippen LogP contribution in [0.5, 0.6) is 11.5 Å². The number of fused-ring (bicyclic) bond motifs is 3. The first kappa shape index (κ1) is 20.0. The summed E-state index contributed by atoms with van der Waals surface area (Å²) in [5, 5.41) is 9.12. The highest BCUT2D eigenvalue weighted by atomic mass is 16.5. The monoisotopic (exact) mass is 415 g/mol. The minimum Gasteiger partial charge on any atom is -0.497 e. The molecular weight excluding hydrogens is 390 g/mol. The van der Waals surface area contributed by atoms with Crippen LogP contribution in [0.2, 0.25) is 0 Å². The minimum absolute atomic E-state index is 0.0929. The minimum atomic E-state index is -0.648. The lowest BCUT2D eigenvalue weighted by atomic mass is 10.1. The van der Waals surface area contributed by atoms with Crippen LogP contribution in [0.1, 0.15) is 13.3 Å². The van der Waals surface area contributed by atoms with Crippen molar-refractivity contribution >= 4 is 23.6 Å². The number of carbonyl (C=O) groups excluding carboxylic acids is 2. The van der Waals surface area contributed by atoms with Crippen LogP contribution < -0.4 is 14.4 Å². The number of hydrogen-bond acceptors (Lipinski definition) is 8. The summed E-state index contributed by atoms with van der Waals surface area (Å²) in [6.45, 7) is 2.00. The maximum Gasteiger partial charge on any atom is 0.328 e. The molecule has 10 nitrogen and oxygen atoms in total. The van der Waals surface area contributed by atoms with Crippen molar-refractivity contribution in [1.82, 2.24) is 14.7 Å². The molecule has 3 aliphatic rings. The van der Waals surface area contributed by atoms with Crippen LogP contribution in [-0.4, -0.2) is 84.3 Å². The molecule has 2 atom stereocenters. The summed E-state index contributed by atoms with van der Waals surface area (Å²) in [4.78, 5) is 37.0. The number of aliphatic imine (C=N–C) groups is 1. The molecule has 1 aromatic rings. The number of aliphatic hydroxyl groups is 1. The van der Waals surface area contributed by atoms with Crippen molar-refractivity contribution in [2.45, 2.75) is 25.6 Å². The molecule has 30 heavy (non-hydrogen) atoms. The summed E-state index contributed by atoms with van der Waals surface area (Å²) >= 11 is 0. The molecule has 1 aromatic carbocycles. The first-order valence-electron chi connectivity index (χ1n) is 9.68. The van der Waals surface area contributed by atoms with Gasteiger partial charge in [-0.15, -0.1) is 0 Å². The van der Waals surface area contributed by atoms with Gasteiger partial charge in [-0.1, -0.05) is 0 Å². The number of carbonyl (C=O) groups is 2. The van der Waals surface area contributed by atoms with Gasteiger partial charge in [-0.05, 0) is 25.5 Å². The van der Waals surface area contributed by atoms with Crippen LogP contribution in [0.25, 0.3) is 0 Å². The second-order valence-electron chi connectivity index (χ2n) is 7.30. The van der Waals surface area contributed by atoms with Crippen molar-refractivity contribution in [2.24, 2.45) is 4.99 Å². The van der Waals surface area contributed by atoms with E-state index in [0.717, 1.165) is 11.4 Å². The SMILES string of the molecule is COc1ccc(N2C(C)=CN3C2=NC2C3C(=O)N(CCCO)C(=O)N2C)c(OC)c1. The van der Waals surface area contributed by atoms with Crippen molar-refractivity contribution in [1.29, 1.82) is 0 Å². The predicted molar refractivity (Wildman–Crippen MR) is 109 cm³/mol. The van der Waals surface area contributed by atoms with Crippen LogP contribution in [0, 0.1) is 0 Å². The zero-order chi connectivity index (χ0) is 21.6. The molecule has 10 heteroatoms. The zero-order valence-electron chi connectivity index (χ0n) is 17.4. The normalized spacial score (nSPS) is 22.8. The molecule has 2 unspecified atom stereocenters. The second kappa shape index (κ2) is 7.52. The Bertz CT molecular complexity index is 946. The molecule has 0 saturated carbocycles. The zero-order valence-corrected chi connectivity index (χ0v) is 17.4. The number of urea groups is 1. The maximum absolute atomic E-state index is 13.2. The quantitative estimate of drug-likeness (QED) is 0.741. The molecule has 1 fully saturated rings. The molecule has 0 bridgehead atoms. The van der Waals surface area contributed by atoms with E-state index in [1.165, 1.54) is 9.80 Å². The van der Waals surface area contributed by atoms with Crippen molar-refractivity contribution in [3.8, 4) is 11.5 Å². The van der Waals surface area contributed by atoms with Gasteiger partial charge in [0.25, 0.3) is 5.91 Å². The van der Waals surface area contributed by atoms with Gasteiger partial charge < -0.3 is 24.4 Å². The van der Waals surface area contributed by atoms with Crippen molar-refractivity contribution in [2.75, 3.05) is 39.3 Å². The first-order valence-corrected chi connectivity index (χ1v) is 9.68. The third-order valence-electron chi connectivity index (χ3n) is 5.56. The van der Waals surface area contributed by atoms with Crippen LogP contribution in [-0.2, 0) is 4.79 Å². The Hall–Kier alpha value is -3.27. The highest BCUT2D eigenvalue weighted by Gasteiger charge is 2.54. The molecule has 0 radical (unpaired) electrons. The van der Waals surface area contributed by atoms with E-state index >= 15 is 0 Å². The van der Waals surface area contributed by atoms with Gasteiger partial charge in [0, 0.05) is 38.2 Å². The number of nitrogens with zero attached hydrogens (tertiary/aromatic N) is 5. The van der Waals surface area contributed by atoms with Crippen molar-refractivity contribution in [3.05, 3.63) is 30.1 Å². The van der Waals surface area contributed by atoms with Gasteiger partial charge in [-0.25, -0.2) is 9.79 Å². The standard InChI is InChI=1S/C20H25N5O5/c1-12-11-24-16-17(22(2)20(28)23(18(16)27)8-5-9-26)21-19(24)25(12)14-7-6-13(29-3)10-15(14)30-4/h6-7,10-11,16-17,26H,5,8-9H2,1-4H3. The second-order valence-corrected chi connectivity index (χ2v) is 7.30. The number of imide groups is 1. The van der Waals surface area contributed by atoms with Crippen LogP contribution in [0.15, 0.2) is 35.1 Å². The Labute approximate surface area is 174 Å². The summed E-state index contributed by atoms with van der Waals surface area (Å²) in [7, 11) is 4.81.